The van der Waals surface area contributed by atoms with Gasteiger partial charge in [-0.3, -0.25) is 37.3 Å². The maximum Gasteiger partial charge on any atom is 0.472 e. The van der Waals surface area contributed by atoms with Crippen molar-refractivity contribution < 1.29 is 80.2 Å². The minimum atomic E-state index is -4.95. The number of rotatable bonds is 69. The molecule has 0 heterocycles. The lowest BCUT2D eigenvalue weighted by Crippen LogP contribution is -2.30. The van der Waals surface area contributed by atoms with Gasteiger partial charge in [0, 0.05) is 25.7 Å². The maximum absolute atomic E-state index is 13.0. The fourth-order valence-electron chi connectivity index (χ4n) is 10.8. The minimum Gasteiger partial charge on any atom is -0.462 e. The van der Waals surface area contributed by atoms with Crippen molar-refractivity contribution in [3.05, 3.63) is 0 Å². The molecule has 91 heavy (non-hydrogen) atoms. The number of unbranched alkanes of at least 4 members (excludes halogenated alkanes) is 34. The fourth-order valence-corrected chi connectivity index (χ4v) is 12.4. The van der Waals surface area contributed by atoms with E-state index in [2.05, 4.69) is 55.4 Å². The molecular weight excluding hydrogens is 1200 g/mol. The van der Waals surface area contributed by atoms with Crippen LogP contribution in [0.3, 0.4) is 0 Å². The molecule has 0 radical (unpaired) electrons. The first-order valence-electron chi connectivity index (χ1n) is 37.2. The van der Waals surface area contributed by atoms with E-state index in [9.17, 15) is 43.2 Å². The van der Waals surface area contributed by atoms with Crippen LogP contribution in [0.1, 0.15) is 357 Å². The molecule has 0 aliphatic heterocycles. The molecule has 19 heteroatoms. The maximum atomic E-state index is 13.0. The lowest BCUT2D eigenvalue weighted by Gasteiger charge is -2.21. The summed E-state index contributed by atoms with van der Waals surface area (Å²) in [7, 11) is -9.91. The highest BCUT2D eigenvalue weighted by molar-refractivity contribution is 7.47. The summed E-state index contributed by atoms with van der Waals surface area (Å²) in [6.07, 6.45) is 44.5. The Labute approximate surface area is 556 Å². The van der Waals surface area contributed by atoms with Crippen molar-refractivity contribution in [3.8, 4) is 0 Å². The number of esters is 4. The van der Waals surface area contributed by atoms with Crippen LogP contribution in [-0.4, -0.2) is 96.7 Å². The number of carbonyl (C=O) groups excluding carboxylic acids is 4. The summed E-state index contributed by atoms with van der Waals surface area (Å²) >= 11 is 0. The molecule has 0 aliphatic carbocycles. The Balaban J connectivity index is 5.23. The van der Waals surface area contributed by atoms with Crippen LogP contribution in [0.15, 0.2) is 0 Å². The molecule has 3 N–H and O–H groups in total. The molecule has 0 rings (SSSR count). The Hall–Kier alpha value is -1.94. The summed E-state index contributed by atoms with van der Waals surface area (Å²) in [6.45, 7) is 14.1. The van der Waals surface area contributed by atoms with Gasteiger partial charge >= 0.3 is 39.5 Å². The van der Waals surface area contributed by atoms with E-state index in [-0.39, 0.29) is 25.7 Å². The van der Waals surface area contributed by atoms with Gasteiger partial charge in [-0.25, -0.2) is 9.13 Å². The van der Waals surface area contributed by atoms with Crippen LogP contribution < -0.4 is 0 Å². The van der Waals surface area contributed by atoms with Crippen molar-refractivity contribution in [2.24, 2.45) is 23.7 Å². The van der Waals surface area contributed by atoms with E-state index in [1.54, 1.807) is 0 Å². The molecule has 6 atom stereocenters. The molecular formula is C72H140O17P2. The molecule has 17 nitrogen and oxygen atoms in total. The first-order valence-corrected chi connectivity index (χ1v) is 40.2. The lowest BCUT2D eigenvalue weighted by atomic mass is 9.99. The van der Waals surface area contributed by atoms with Crippen LogP contribution in [0.2, 0.25) is 0 Å². The summed E-state index contributed by atoms with van der Waals surface area (Å²) in [4.78, 5) is 72.6. The zero-order valence-corrected chi connectivity index (χ0v) is 61.3. The van der Waals surface area contributed by atoms with Gasteiger partial charge in [-0.15, -0.1) is 0 Å². The third-order valence-electron chi connectivity index (χ3n) is 16.9. The van der Waals surface area contributed by atoms with Gasteiger partial charge in [-0.05, 0) is 49.4 Å². The molecule has 0 aliphatic rings. The van der Waals surface area contributed by atoms with Gasteiger partial charge in [-0.2, -0.15) is 0 Å². The summed E-state index contributed by atoms with van der Waals surface area (Å²) < 4.78 is 68.3. The van der Waals surface area contributed by atoms with Gasteiger partial charge in [-0.1, -0.05) is 306 Å². The first-order chi connectivity index (χ1) is 43.6. The number of aliphatic hydroxyl groups excluding tert-OH is 1. The standard InChI is InChI=1S/C72H140O17P2/c1-9-65(8)51-43-35-27-21-22-30-39-47-55-72(77)89-67(58-82-69(74)52-44-36-28-19-15-13-11-10-12-14-17-24-32-40-48-62(2)3)60-86-90(78,79)84-56-66(73)57-85-91(80,81)87-61-68(59-83-70(75)53-45-37-31-23-26-34-42-50-64(6)7)88-71(76)54-46-38-29-20-16-18-25-33-41-49-63(4)5/h62-68,73H,9-61H2,1-8H3,(H,78,79)(H,80,81)/t65?,66?,67-,68-/m1/s1. The monoisotopic (exact) mass is 1340 g/mol. The number of aliphatic hydroxyl groups is 1. The average Bonchev–Trinajstić information content (AvgIpc) is 3.69. The number of phosphoric ester groups is 2. The van der Waals surface area contributed by atoms with E-state index >= 15 is 0 Å². The van der Waals surface area contributed by atoms with Crippen LogP contribution in [-0.2, 0) is 65.4 Å². The zero-order valence-electron chi connectivity index (χ0n) is 59.5. The van der Waals surface area contributed by atoms with Crippen molar-refractivity contribution in [2.45, 2.75) is 375 Å². The van der Waals surface area contributed by atoms with Crippen molar-refractivity contribution in [2.75, 3.05) is 39.6 Å². The van der Waals surface area contributed by atoms with Crippen LogP contribution in [0.25, 0.3) is 0 Å². The molecule has 0 aromatic rings. The SMILES string of the molecule is CCC(C)CCCCCCCCCCC(=O)O[C@H](COC(=O)CCCCCCCCCCCCCCCCC(C)C)COP(=O)(O)OCC(O)COP(=O)(O)OC[C@@H](COC(=O)CCCCCCCCCC(C)C)OC(=O)CCCCCCCCCCCC(C)C. The van der Waals surface area contributed by atoms with Gasteiger partial charge in [0.25, 0.3) is 0 Å². The average molecular weight is 1340 g/mol. The zero-order chi connectivity index (χ0) is 67.5. The molecule has 0 amide bonds. The predicted molar refractivity (Wildman–Crippen MR) is 367 cm³/mol. The van der Waals surface area contributed by atoms with Crippen molar-refractivity contribution in [1.29, 1.82) is 0 Å². The molecule has 0 aromatic heterocycles. The Bertz CT molecular complexity index is 1800. The number of phosphoric acid groups is 2. The first kappa shape index (κ1) is 89.1. The largest absolute Gasteiger partial charge is 0.472 e. The molecule has 0 fully saturated rings. The van der Waals surface area contributed by atoms with Gasteiger partial charge in [0.15, 0.2) is 12.2 Å². The van der Waals surface area contributed by atoms with Crippen LogP contribution in [0.5, 0.6) is 0 Å². The van der Waals surface area contributed by atoms with E-state index in [0.717, 1.165) is 114 Å². The smallest absolute Gasteiger partial charge is 0.462 e. The normalized spacial score (nSPS) is 14.5. The molecule has 4 unspecified atom stereocenters. The Kier molecular flexibility index (Phi) is 60.3. The number of hydrogen-bond acceptors (Lipinski definition) is 15. The van der Waals surface area contributed by atoms with E-state index < -0.39 is 97.5 Å². The second-order valence-electron chi connectivity index (χ2n) is 27.6. The van der Waals surface area contributed by atoms with Gasteiger partial charge < -0.3 is 33.8 Å². The van der Waals surface area contributed by atoms with E-state index in [0.29, 0.717) is 31.6 Å². The summed E-state index contributed by atoms with van der Waals surface area (Å²) in [6, 6.07) is 0. The second-order valence-corrected chi connectivity index (χ2v) is 30.6. The third kappa shape index (κ3) is 65.1. The van der Waals surface area contributed by atoms with Crippen molar-refractivity contribution in [1.82, 2.24) is 0 Å². The third-order valence-corrected chi connectivity index (χ3v) is 18.8. The quantitative estimate of drug-likeness (QED) is 0.0222. The Morgan fingerprint density at radius 3 is 0.780 bits per heavy atom. The Morgan fingerprint density at radius 1 is 0.308 bits per heavy atom. The molecule has 0 aromatic carbocycles. The van der Waals surface area contributed by atoms with Crippen molar-refractivity contribution >= 4 is 39.5 Å². The molecule has 0 saturated heterocycles. The highest BCUT2D eigenvalue weighted by Gasteiger charge is 2.30. The van der Waals surface area contributed by atoms with Gasteiger partial charge in [0.1, 0.15) is 19.3 Å². The summed E-state index contributed by atoms with van der Waals surface area (Å²) in [5.74, 6) is 0.881. The van der Waals surface area contributed by atoms with Gasteiger partial charge in [0.2, 0.25) is 0 Å². The topological polar surface area (TPSA) is 237 Å². The predicted octanol–water partition coefficient (Wildman–Crippen LogP) is 20.5. The summed E-state index contributed by atoms with van der Waals surface area (Å²) in [5, 5.41) is 10.6. The molecule has 0 spiro atoms. The molecule has 0 saturated carbocycles. The van der Waals surface area contributed by atoms with Crippen LogP contribution >= 0.6 is 15.6 Å². The summed E-state index contributed by atoms with van der Waals surface area (Å²) in [5.41, 5.74) is 0. The highest BCUT2D eigenvalue weighted by Crippen LogP contribution is 2.45. The lowest BCUT2D eigenvalue weighted by molar-refractivity contribution is -0.161. The van der Waals surface area contributed by atoms with Gasteiger partial charge in [0.05, 0.1) is 26.4 Å². The molecule has 540 valence electrons. The van der Waals surface area contributed by atoms with E-state index in [4.69, 9.17) is 37.0 Å². The van der Waals surface area contributed by atoms with Crippen LogP contribution in [0, 0.1) is 23.7 Å². The fraction of sp³-hybridized carbons (Fsp3) is 0.944. The van der Waals surface area contributed by atoms with Crippen LogP contribution in [0.4, 0.5) is 0 Å². The second kappa shape index (κ2) is 61.6. The molecule has 0 bridgehead atoms. The Morgan fingerprint density at radius 2 is 0.527 bits per heavy atom. The number of hydrogen-bond donors (Lipinski definition) is 3. The highest BCUT2D eigenvalue weighted by atomic mass is 31.2. The van der Waals surface area contributed by atoms with E-state index in [1.165, 1.54) is 154 Å². The van der Waals surface area contributed by atoms with Crippen molar-refractivity contribution in [3.63, 3.8) is 0 Å². The number of ether oxygens (including phenoxy) is 4. The minimum absolute atomic E-state index is 0.104. The number of carbonyl (C=O) groups is 4. The van der Waals surface area contributed by atoms with E-state index in [1.807, 2.05) is 0 Å².